The van der Waals surface area contributed by atoms with E-state index in [-0.39, 0.29) is 12.1 Å². The second-order valence-corrected chi connectivity index (χ2v) is 6.94. The first-order valence-electron chi connectivity index (χ1n) is 7.76. The van der Waals surface area contributed by atoms with Gasteiger partial charge in [0.2, 0.25) is 0 Å². The van der Waals surface area contributed by atoms with Crippen LogP contribution in [0.3, 0.4) is 0 Å². The fourth-order valence-electron chi connectivity index (χ4n) is 2.97. The van der Waals surface area contributed by atoms with Gasteiger partial charge < -0.3 is 10.5 Å². The van der Waals surface area contributed by atoms with E-state index in [1.807, 2.05) is 19.2 Å². The van der Waals surface area contributed by atoms with E-state index < -0.39 is 0 Å². The first-order chi connectivity index (χ1) is 10.6. The number of ether oxygens (including phenoxy) is 1. The quantitative estimate of drug-likeness (QED) is 0.852. The lowest BCUT2D eigenvalue weighted by molar-refractivity contribution is 0.0380. The number of thiophene rings is 1. The lowest BCUT2D eigenvalue weighted by Gasteiger charge is -2.17. The van der Waals surface area contributed by atoms with Crippen molar-refractivity contribution in [3.63, 3.8) is 0 Å². The molecule has 1 aromatic carbocycles. The SMILES string of the molecule is CC(C)OC(=O)c1c(-c2ccc3c(c2)CCCC3)csc1N. The zero-order valence-electron chi connectivity index (χ0n) is 13.0. The summed E-state index contributed by atoms with van der Waals surface area (Å²) in [5.74, 6) is -0.332. The summed E-state index contributed by atoms with van der Waals surface area (Å²) in [5, 5.41) is 2.48. The molecular formula is C18H21NO2S. The third-order valence-electron chi connectivity index (χ3n) is 4.03. The topological polar surface area (TPSA) is 52.3 Å². The van der Waals surface area contributed by atoms with Gasteiger partial charge in [-0.2, -0.15) is 0 Å². The number of nitrogen functional groups attached to an aromatic ring is 1. The Morgan fingerprint density at radius 3 is 2.68 bits per heavy atom. The summed E-state index contributed by atoms with van der Waals surface area (Å²) in [6, 6.07) is 6.50. The predicted molar refractivity (Wildman–Crippen MR) is 91.4 cm³/mol. The molecule has 0 fully saturated rings. The number of rotatable bonds is 3. The van der Waals surface area contributed by atoms with Crippen LogP contribution in [-0.2, 0) is 17.6 Å². The summed E-state index contributed by atoms with van der Waals surface area (Å²) < 4.78 is 5.34. The van der Waals surface area contributed by atoms with Crippen LogP contribution >= 0.6 is 11.3 Å². The van der Waals surface area contributed by atoms with Crippen LogP contribution in [0.25, 0.3) is 11.1 Å². The minimum Gasteiger partial charge on any atom is -0.459 e. The molecule has 0 radical (unpaired) electrons. The Labute approximate surface area is 135 Å². The average molecular weight is 315 g/mol. The van der Waals surface area contributed by atoms with Crippen molar-refractivity contribution in [1.82, 2.24) is 0 Å². The fourth-order valence-corrected chi connectivity index (χ4v) is 3.78. The Balaban J connectivity index is 2.00. The van der Waals surface area contributed by atoms with Crippen LogP contribution in [0.1, 0.15) is 48.2 Å². The number of fused-ring (bicyclic) bond motifs is 1. The van der Waals surface area contributed by atoms with E-state index in [0.717, 1.165) is 24.0 Å². The van der Waals surface area contributed by atoms with E-state index in [9.17, 15) is 4.79 Å². The lowest BCUT2D eigenvalue weighted by atomic mass is 9.89. The molecular weight excluding hydrogens is 294 g/mol. The lowest BCUT2D eigenvalue weighted by Crippen LogP contribution is -2.13. The number of hydrogen-bond acceptors (Lipinski definition) is 4. The highest BCUT2D eigenvalue weighted by Crippen LogP contribution is 2.36. The van der Waals surface area contributed by atoms with Crippen LogP contribution in [-0.4, -0.2) is 12.1 Å². The van der Waals surface area contributed by atoms with Crippen LogP contribution in [0, 0.1) is 0 Å². The molecule has 0 saturated carbocycles. The van der Waals surface area contributed by atoms with Gasteiger partial charge in [-0.15, -0.1) is 11.3 Å². The molecule has 0 saturated heterocycles. The van der Waals surface area contributed by atoms with Crippen LogP contribution < -0.4 is 5.73 Å². The predicted octanol–water partition coefficient (Wildman–Crippen LogP) is 4.44. The van der Waals surface area contributed by atoms with Gasteiger partial charge in [-0.1, -0.05) is 18.2 Å². The minimum absolute atomic E-state index is 0.150. The molecule has 2 aromatic rings. The van der Waals surface area contributed by atoms with Gasteiger partial charge in [-0.3, -0.25) is 0 Å². The van der Waals surface area contributed by atoms with Crippen molar-refractivity contribution in [3.8, 4) is 11.1 Å². The third-order valence-corrected chi connectivity index (χ3v) is 4.84. The highest BCUT2D eigenvalue weighted by atomic mass is 32.1. The van der Waals surface area contributed by atoms with Gasteiger partial charge in [0.25, 0.3) is 0 Å². The van der Waals surface area contributed by atoms with Crippen molar-refractivity contribution in [2.24, 2.45) is 0 Å². The molecule has 0 bridgehead atoms. The Morgan fingerprint density at radius 2 is 1.95 bits per heavy atom. The maximum Gasteiger partial charge on any atom is 0.342 e. The molecule has 1 heterocycles. The van der Waals surface area contributed by atoms with Gasteiger partial charge in [0.05, 0.1) is 6.10 Å². The first kappa shape index (κ1) is 15.1. The first-order valence-corrected chi connectivity index (χ1v) is 8.64. The highest BCUT2D eigenvalue weighted by molar-refractivity contribution is 7.14. The van der Waals surface area contributed by atoms with E-state index >= 15 is 0 Å². The van der Waals surface area contributed by atoms with Crippen LogP contribution in [0.2, 0.25) is 0 Å². The van der Waals surface area contributed by atoms with Gasteiger partial charge in [0.1, 0.15) is 10.6 Å². The van der Waals surface area contributed by atoms with Crippen molar-refractivity contribution in [2.45, 2.75) is 45.6 Å². The Kier molecular flexibility index (Phi) is 4.21. The second kappa shape index (κ2) is 6.13. The van der Waals surface area contributed by atoms with E-state index in [1.165, 1.54) is 35.3 Å². The molecule has 2 N–H and O–H groups in total. The number of nitrogens with two attached hydrogens (primary N) is 1. The number of aryl methyl sites for hydroxylation is 2. The number of anilines is 1. The van der Waals surface area contributed by atoms with Crippen molar-refractivity contribution < 1.29 is 9.53 Å². The smallest absolute Gasteiger partial charge is 0.342 e. The Bertz CT molecular complexity index is 703. The van der Waals surface area contributed by atoms with Crippen molar-refractivity contribution in [1.29, 1.82) is 0 Å². The fraction of sp³-hybridized carbons (Fsp3) is 0.389. The van der Waals surface area contributed by atoms with Gasteiger partial charge in [0.15, 0.2) is 0 Å². The molecule has 1 aliphatic rings. The van der Waals surface area contributed by atoms with Crippen LogP contribution in [0.15, 0.2) is 23.6 Å². The molecule has 0 unspecified atom stereocenters. The summed E-state index contributed by atoms with van der Waals surface area (Å²) >= 11 is 1.40. The molecule has 0 amide bonds. The molecule has 22 heavy (non-hydrogen) atoms. The minimum atomic E-state index is -0.332. The summed E-state index contributed by atoms with van der Waals surface area (Å²) in [6.45, 7) is 3.69. The Hall–Kier alpha value is -1.81. The van der Waals surface area contributed by atoms with E-state index in [1.54, 1.807) is 0 Å². The van der Waals surface area contributed by atoms with E-state index in [0.29, 0.717) is 10.6 Å². The summed E-state index contributed by atoms with van der Waals surface area (Å²) in [7, 11) is 0. The van der Waals surface area contributed by atoms with Gasteiger partial charge >= 0.3 is 5.97 Å². The number of carbonyl (C=O) groups excluding carboxylic acids is 1. The number of benzene rings is 1. The molecule has 3 rings (SSSR count). The van der Waals surface area contributed by atoms with Crippen LogP contribution in [0.5, 0.6) is 0 Å². The number of hydrogen-bond donors (Lipinski definition) is 1. The molecule has 116 valence electrons. The molecule has 4 heteroatoms. The largest absolute Gasteiger partial charge is 0.459 e. The number of esters is 1. The molecule has 1 aliphatic carbocycles. The molecule has 3 nitrogen and oxygen atoms in total. The van der Waals surface area contributed by atoms with Gasteiger partial charge in [-0.05, 0) is 56.2 Å². The van der Waals surface area contributed by atoms with Crippen LogP contribution in [0.4, 0.5) is 5.00 Å². The monoisotopic (exact) mass is 315 g/mol. The zero-order chi connectivity index (χ0) is 15.7. The second-order valence-electron chi connectivity index (χ2n) is 6.03. The third kappa shape index (κ3) is 2.88. The van der Waals surface area contributed by atoms with Gasteiger partial charge in [-0.25, -0.2) is 4.79 Å². The molecule has 0 aliphatic heterocycles. The standard InChI is InChI=1S/C18H21NO2S/c1-11(2)21-18(20)16-15(10-22-17(16)19)14-8-7-12-5-3-4-6-13(12)9-14/h7-11H,3-6,19H2,1-2H3. The molecule has 0 atom stereocenters. The number of carbonyl (C=O) groups is 1. The zero-order valence-corrected chi connectivity index (χ0v) is 13.8. The van der Waals surface area contributed by atoms with E-state index in [4.69, 9.17) is 10.5 Å². The van der Waals surface area contributed by atoms with Crippen molar-refractivity contribution >= 4 is 22.3 Å². The molecule has 0 spiro atoms. The van der Waals surface area contributed by atoms with Crippen molar-refractivity contribution in [2.75, 3.05) is 5.73 Å². The summed E-state index contributed by atoms with van der Waals surface area (Å²) in [5.41, 5.74) is 11.3. The average Bonchev–Trinajstić information content (AvgIpc) is 2.88. The molecule has 1 aromatic heterocycles. The van der Waals surface area contributed by atoms with E-state index in [2.05, 4.69) is 18.2 Å². The highest BCUT2D eigenvalue weighted by Gasteiger charge is 2.21. The maximum absolute atomic E-state index is 12.3. The normalized spacial score (nSPS) is 14.0. The Morgan fingerprint density at radius 1 is 1.23 bits per heavy atom. The summed E-state index contributed by atoms with van der Waals surface area (Å²) in [4.78, 5) is 12.3. The maximum atomic E-state index is 12.3. The van der Waals surface area contributed by atoms with Crippen molar-refractivity contribution in [3.05, 3.63) is 40.3 Å². The summed E-state index contributed by atoms with van der Waals surface area (Å²) in [6.07, 6.45) is 4.63. The van der Waals surface area contributed by atoms with Gasteiger partial charge in [0, 0.05) is 10.9 Å².